The maximum Gasteiger partial charge on any atom is 0.253 e. The Morgan fingerprint density at radius 3 is 2.18 bits per heavy atom. The first-order valence-electron chi connectivity index (χ1n) is 9.96. The number of hydrogen-bond donors (Lipinski definition) is 0. The quantitative estimate of drug-likeness (QED) is 0.821. The Hall–Kier alpha value is -2.82. The number of hydrogen-bond acceptors (Lipinski definition) is 3. The predicted octanol–water partition coefficient (Wildman–Crippen LogP) is 3.14. The summed E-state index contributed by atoms with van der Waals surface area (Å²) in [6.07, 6.45) is 1.54. The predicted molar refractivity (Wildman–Crippen MR) is 107 cm³/mol. The molecule has 0 unspecified atom stereocenters. The van der Waals surface area contributed by atoms with Gasteiger partial charge in [-0.1, -0.05) is 35.9 Å². The minimum Gasteiger partial charge on any atom is -0.487 e. The number of carbonyl (C=O) groups excluding carboxylic acids is 2. The molecule has 146 valence electrons. The van der Waals surface area contributed by atoms with Gasteiger partial charge in [-0.25, -0.2) is 0 Å². The van der Waals surface area contributed by atoms with E-state index in [0.29, 0.717) is 26.2 Å². The highest BCUT2D eigenvalue weighted by atomic mass is 16.5. The maximum absolute atomic E-state index is 12.7. The van der Waals surface area contributed by atoms with Crippen LogP contribution in [0.15, 0.2) is 54.6 Å². The van der Waals surface area contributed by atoms with E-state index >= 15 is 0 Å². The van der Waals surface area contributed by atoms with Crippen LogP contribution in [0.5, 0.6) is 5.75 Å². The Balaban J connectivity index is 1.23. The zero-order valence-corrected chi connectivity index (χ0v) is 16.2. The molecule has 4 rings (SSSR count). The first-order chi connectivity index (χ1) is 13.6. The highest BCUT2D eigenvalue weighted by Crippen LogP contribution is 2.25. The lowest BCUT2D eigenvalue weighted by atomic mass is 9.93. The molecule has 2 aliphatic rings. The molecule has 0 spiro atoms. The second-order valence-corrected chi connectivity index (χ2v) is 7.73. The van der Waals surface area contributed by atoms with E-state index in [2.05, 4.69) is 0 Å². The second-order valence-electron chi connectivity index (χ2n) is 7.73. The molecule has 2 aliphatic heterocycles. The minimum atomic E-state index is 0.0137. The van der Waals surface area contributed by atoms with E-state index in [9.17, 15) is 9.59 Å². The van der Waals surface area contributed by atoms with Crippen molar-refractivity contribution in [1.29, 1.82) is 0 Å². The highest BCUT2D eigenvalue weighted by Gasteiger charge is 2.37. The number of aryl methyl sites for hydroxylation is 1. The van der Waals surface area contributed by atoms with E-state index < -0.39 is 0 Å². The third-order valence-electron chi connectivity index (χ3n) is 5.64. The number of piperidine rings is 1. The molecule has 0 aromatic heterocycles. The Bertz CT molecular complexity index is 821. The van der Waals surface area contributed by atoms with Crippen LogP contribution in [-0.2, 0) is 4.79 Å². The maximum atomic E-state index is 12.7. The average molecular weight is 378 g/mol. The standard InChI is InChI=1S/C23H26N2O3/c1-17-7-9-18(10-8-17)22(26)24-13-11-19(12-14-24)23(27)25-15-21(16-25)28-20-5-3-2-4-6-20/h2-10,19,21H,11-16H2,1H3. The Morgan fingerprint density at radius 1 is 0.893 bits per heavy atom. The van der Waals surface area contributed by atoms with Crippen molar-refractivity contribution in [1.82, 2.24) is 9.80 Å². The summed E-state index contributed by atoms with van der Waals surface area (Å²) in [5.41, 5.74) is 1.86. The van der Waals surface area contributed by atoms with Gasteiger partial charge in [-0.2, -0.15) is 0 Å². The summed E-state index contributed by atoms with van der Waals surface area (Å²) in [5, 5.41) is 0. The molecule has 5 nitrogen and oxygen atoms in total. The van der Waals surface area contributed by atoms with E-state index in [1.807, 2.05) is 71.3 Å². The first-order valence-corrected chi connectivity index (χ1v) is 9.96. The Kier molecular flexibility index (Phi) is 5.33. The Morgan fingerprint density at radius 2 is 1.54 bits per heavy atom. The number of rotatable bonds is 4. The molecule has 28 heavy (non-hydrogen) atoms. The third-order valence-corrected chi connectivity index (χ3v) is 5.64. The fourth-order valence-corrected chi connectivity index (χ4v) is 3.85. The summed E-state index contributed by atoms with van der Waals surface area (Å²) in [4.78, 5) is 29.1. The molecular weight excluding hydrogens is 352 g/mol. The SMILES string of the molecule is Cc1ccc(C(=O)N2CCC(C(=O)N3CC(Oc4ccccc4)C3)CC2)cc1. The van der Waals surface area contributed by atoms with Crippen molar-refractivity contribution >= 4 is 11.8 Å². The fourth-order valence-electron chi connectivity index (χ4n) is 3.85. The van der Waals surface area contributed by atoms with Crippen molar-refractivity contribution in [2.75, 3.05) is 26.2 Å². The molecule has 2 heterocycles. The van der Waals surface area contributed by atoms with Crippen LogP contribution in [0.1, 0.15) is 28.8 Å². The van der Waals surface area contributed by atoms with E-state index in [0.717, 1.165) is 29.7 Å². The molecule has 2 aromatic carbocycles. The van der Waals surface area contributed by atoms with Gasteiger partial charge in [-0.05, 0) is 44.0 Å². The number of ether oxygens (including phenoxy) is 1. The molecular formula is C23H26N2O3. The van der Waals surface area contributed by atoms with Crippen LogP contribution in [0.3, 0.4) is 0 Å². The molecule has 5 heteroatoms. The number of nitrogens with zero attached hydrogens (tertiary/aromatic N) is 2. The number of amides is 2. The molecule has 2 amide bonds. The normalized spacial score (nSPS) is 17.9. The molecule has 2 saturated heterocycles. The van der Waals surface area contributed by atoms with Gasteiger partial charge in [0.25, 0.3) is 5.91 Å². The zero-order chi connectivity index (χ0) is 19.5. The van der Waals surface area contributed by atoms with E-state index in [1.165, 1.54) is 0 Å². The van der Waals surface area contributed by atoms with Gasteiger partial charge in [0.15, 0.2) is 0 Å². The summed E-state index contributed by atoms with van der Waals surface area (Å²) in [5.74, 6) is 1.13. The average Bonchev–Trinajstić information content (AvgIpc) is 2.71. The smallest absolute Gasteiger partial charge is 0.253 e. The minimum absolute atomic E-state index is 0.0137. The van der Waals surface area contributed by atoms with Gasteiger partial charge < -0.3 is 14.5 Å². The molecule has 2 fully saturated rings. The molecule has 0 bridgehead atoms. The fraction of sp³-hybridized carbons (Fsp3) is 0.391. The Labute approximate surface area is 165 Å². The summed E-state index contributed by atoms with van der Waals surface area (Å²) < 4.78 is 5.88. The summed E-state index contributed by atoms with van der Waals surface area (Å²) in [7, 11) is 0. The number of likely N-dealkylation sites (tertiary alicyclic amines) is 2. The lowest BCUT2D eigenvalue weighted by Crippen LogP contribution is -2.58. The van der Waals surface area contributed by atoms with E-state index in [-0.39, 0.29) is 23.8 Å². The first kappa shape index (κ1) is 18.5. The molecule has 0 N–H and O–H groups in total. The zero-order valence-electron chi connectivity index (χ0n) is 16.2. The number of carbonyl (C=O) groups is 2. The van der Waals surface area contributed by atoms with Gasteiger partial charge in [0, 0.05) is 24.6 Å². The summed E-state index contributed by atoms with van der Waals surface area (Å²) >= 11 is 0. The van der Waals surface area contributed by atoms with Gasteiger partial charge in [-0.15, -0.1) is 0 Å². The lowest BCUT2D eigenvalue weighted by Gasteiger charge is -2.42. The van der Waals surface area contributed by atoms with Gasteiger partial charge in [0.1, 0.15) is 11.9 Å². The second kappa shape index (κ2) is 8.05. The van der Waals surface area contributed by atoms with Crippen LogP contribution in [0.25, 0.3) is 0 Å². The van der Waals surface area contributed by atoms with Crippen molar-refractivity contribution in [2.45, 2.75) is 25.9 Å². The van der Waals surface area contributed by atoms with Crippen molar-refractivity contribution in [3.05, 3.63) is 65.7 Å². The van der Waals surface area contributed by atoms with Crippen molar-refractivity contribution < 1.29 is 14.3 Å². The van der Waals surface area contributed by atoms with Crippen LogP contribution in [0.4, 0.5) is 0 Å². The monoisotopic (exact) mass is 378 g/mol. The molecule has 2 aromatic rings. The summed E-state index contributed by atoms with van der Waals surface area (Å²) in [6, 6.07) is 17.4. The topological polar surface area (TPSA) is 49.9 Å². The van der Waals surface area contributed by atoms with Crippen molar-refractivity contribution in [2.24, 2.45) is 5.92 Å². The van der Waals surface area contributed by atoms with Crippen molar-refractivity contribution in [3.63, 3.8) is 0 Å². The molecule has 0 atom stereocenters. The van der Waals surface area contributed by atoms with Gasteiger partial charge in [0.2, 0.25) is 5.91 Å². The molecule has 0 saturated carbocycles. The highest BCUT2D eigenvalue weighted by molar-refractivity contribution is 5.94. The molecule has 0 radical (unpaired) electrons. The number of benzene rings is 2. The van der Waals surface area contributed by atoms with E-state index in [1.54, 1.807) is 0 Å². The van der Waals surface area contributed by atoms with Crippen molar-refractivity contribution in [3.8, 4) is 5.75 Å². The molecule has 0 aliphatic carbocycles. The summed E-state index contributed by atoms with van der Waals surface area (Å²) in [6.45, 7) is 4.59. The lowest BCUT2D eigenvalue weighted by molar-refractivity contribution is -0.145. The van der Waals surface area contributed by atoms with Crippen LogP contribution in [-0.4, -0.2) is 53.9 Å². The number of para-hydroxylation sites is 1. The van der Waals surface area contributed by atoms with Crippen LogP contribution >= 0.6 is 0 Å². The third kappa shape index (κ3) is 4.03. The van der Waals surface area contributed by atoms with Crippen LogP contribution in [0.2, 0.25) is 0 Å². The largest absolute Gasteiger partial charge is 0.487 e. The van der Waals surface area contributed by atoms with Crippen LogP contribution < -0.4 is 4.74 Å². The van der Waals surface area contributed by atoms with Crippen LogP contribution in [0, 0.1) is 12.8 Å². The van der Waals surface area contributed by atoms with Gasteiger partial charge in [0.05, 0.1) is 13.1 Å². The van der Waals surface area contributed by atoms with Gasteiger partial charge >= 0.3 is 0 Å². The van der Waals surface area contributed by atoms with E-state index in [4.69, 9.17) is 4.74 Å². The van der Waals surface area contributed by atoms with Gasteiger partial charge in [-0.3, -0.25) is 9.59 Å².